The van der Waals surface area contributed by atoms with Crippen LogP contribution in [-0.4, -0.2) is 31.0 Å². The van der Waals surface area contributed by atoms with Gasteiger partial charge < -0.3 is 4.90 Å². The van der Waals surface area contributed by atoms with Crippen LogP contribution in [0, 0.1) is 15.9 Å². The summed E-state index contributed by atoms with van der Waals surface area (Å²) < 4.78 is 48.1. The fraction of sp³-hybridized carbons (Fsp3) is 0.300. The number of nitro groups is 1. The topological polar surface area (TPSA) is 97.6 Å². The van der Waals surface area contributed by atoms with Crippen molar-refractivity contribution in [2.75, 3.05) is 11.4 Å². The van der Waals surface area contributed by atoms with E-state index in [1.807, 2.05) is 0 Å². The van der Waals surface area contributed by atoms with Crippen LogP contribution in [0.1, 0.15) is 6.42 Å². The van der Waals surface area contributed by atoms with Crippen LogP contribution < -0.4 is 4.90 Å². The van der Waals surface area contributed by atoms with Crippen LogP contribution in [0.4, 0.5) is 19.7 Å². The van der Waals surface area contributed by atoms with Gasteiger partial charge in [0, 0.05) is 19.0 Å². The quantitative estimate of drug-likeness (QED) is 0.474. The molecule has 1 unspecified atom stereocenters. The number of carbonyl (C=O) groups excluding carboxylic acids is 1. The van der Waals surface area contributed by atoms with Crippen LogP contribution in [0.2, 0.25) is 5.02 Å². The third kappa shape index (κ3) is 2.81. The Hall–Kier alpha value is -1.81. The summed E-state index contributed by atoms with van der Waals surface area (Å²) in [4.78, 5) is 22.4. The summed E-state index contributed by atoms with van der Waals surface area (Å²) in [6.45, 7) is -0.665. The zero-order valence-corrected chi connectivity index (χ0v) is 11.7. The first-order valence-corrected chi connectivity index (χ1v) is 7.31. The van der Waals surface area contributed by atoms with Gasteiger partial charge in [-0.3, -0.25) is 14.9 Å². The number of carbonyl (C=O) groups is 1. The number of nitro benzene ring substituents is 1. The zero-order chi connectivity index (χ0) is 15.9. The molecule has 21 heavy (non-hydrogen) atoms. The minimum atomic E-state index is -5.00. The Morgan fingerprint density at radius 3 is 2.52 bits per heavy atom. The SMILES string of the molecule is O=C1CC(S(=O)(=O)F)CN1c1c([N+](=O)[O-])ccc(F)c1Cl. The van der Waals surface area contributed by atoms with Gasteiger partial charge in [-0.25, -0.2) is 4.39 Å². The minimum Gasteiger partial charge on any atom is -0.304 e. The van der Waals surface area contributed by atoms with Crippen molar-refractivity contribution in [3.63, 3.8) is 0 Å². The second-order valence-electron chi connectivity index (χ2n) is 4.29. The molecule has 0 N–H and O–H groups in total. The first kappa shape index (κ1) is 15.6. The maximum atomic E-state index is 13.4. The Labute approximate surface area is 122 Å². The standard InChI is InChI=1S/C10H7ClF2N2O5S/c11-9-6(12)1-2-7(15(17)18)10(9)14-4-5(3-8(14)16)21(13,19)20/h1-2,5H,3-4H2. The average molecular weight is 341 g/mol. The van der Waals surface area contributed by atoms with Crippen molar-refractivity contribution in [1.82, 2.24) is 0 Å². The molecule has 1 fully saturated rings. The number of anilines is 1. The van der Waals surface area contributed by atoms with Gasteiger partial charge in [0.1, 0.15) is 21.8 Å². The molecule has 1 atom stereocenters. The Morgan fingerprint density at radius 2 is 2.05 bits per heavy atom. The lowest BCUT2D eigenvalue weighted by Gasteiger charge is -2.17. The largest absolute Gasteiger partial charge is 0.307 e. The van der Waals surface area contributed by atoms with Crippen LogP contribution in [0.15, 0.2) is 12.1 Å². The van der Waals surface area contributed by atoms with Crippen molar-refractivity contribution in [2.24, 2.45) is 0 Å². The van der Waals surface area contributed by atoms with E-state index in [0.29, 0.717) is 4.90 Å². The predicted octanol–water partition coefficient (Wildman–Crippen LogP) is 1.79. The van der Waals surface area contributed by atoms with Crippen LogP contribution >= 0.6 is 11.6 Å². The minimum absolute atomic E-state index is 0.571. The Morgan fingerprint density at radius 1 is 1.43 bits per heavy atom. The Bertz CT molecular complexity index is 739. The maximum Gasteiger partial charge on any atom is 0.307 e. The molecule has 0 spiro atoms. The van der Waals surface area contributed by atoms with E-state index in [2.05, 4.69) is 0 Å². The van der Waals surface area contributed by atoms with E-state index < -0.39 is 61.5 Å². The molecule has 114 valence electrons. The summed E-state index contributed by atoms with van der Waals surface area (Å²) in [5.41, 5.74) is -1.25. The summed E-state index contributed by atoms with van der Waals surface area (Å²) in [6.07, 6.45) is -0.692. The van der Waals surface area contributed by atoms with Crippen LogP contribution in [0.3, 0.4) is 0 Å². The second-order valence-corrected chi connectivity index (χ2v) is 6.29. The van der Waals surface area contributed by atoms with Gasteiger partial charge in [-0.15, -0.1) is 3.89 Å². The summed E-state index contributed by atoms with van der Waals surface area (Å²) in [6, 6.07) is 1.54. The molecule has 1 heterocycles. The van der Waals surface area contributed by atoms with Crippen LogP contribution in [0.5, 0.6) is 0 Å². The third-order valence-electron chi connectivity index (χ3n) is 3.00. The average Bonchev–Trinajstić information content (AvgIpc) is 2.74. The van der Waals surface area contributed by atoms with E-state index in [1.165, 1.54) is 0 Å². The molecule has 7 nitrogen and oxygen atoms in total. The molecule has 11 heteroatoms. The van der Waals surface area contributed by atoms with Crippen molar-refractivity contribution in [2.45, 2.75) is 11.7 Å². The monoisotopic (exact) mass is 340 g/mol. The molecular formula is C10H7ClF2N2O5S. The van der Waals surface area contributed by atoms with Gasteiger partial charge >= 0.3 is 10.2 Å². The van der Waals surface area contributed by atoms with Crippen molar-refractivity contribution in [1.29, 1.82) is 0 Å². The molecule has 0 bridgehead atoms. The lowest BCUT2D eigenvalue weighted by Crippen LogP contribution is -2.28. The van der Waals surface area contributed by atoms with Crippen LogP contribution in [-0.2, 0) is 15.0 Å². The highest BCUT2D eigenvalue weighted by atomic mass is 35.5. The zero-order valence-electron chi connectivity index (χ0n) is 10.1. The molecule has 0 aliphatic carbocycles. The predicted molar refractivity (Wildman–Crippen MR) is 68.9 cm³/mol. The van der Waals surface area contributed by atoms with Gasteiger partial charge in [-0.05, 0) is 6.07 Å². The fourth-order valence-corrected chi connectivity index (χ4v) is 2.94. The first-order chi connectivity index (χ1) is 9.62. The van der Waals surface area contributed by atoms with E-state index in [4.69, 9.17) is 11.6 Å². The van der Waals surface area contributed by atoms with Crippen molar-refractivity contribution >= 4 is 39.1 Å². The van der Waals surface area contributed by atoms with Crippen molar-refractivity contribution in [3.05, 3.63) is 33.1 Å². The van der Waals surface area contributed by atoms with E-state index in [1.54, 1.807) is 0 Å². The van der Waals surface area contributed by atoms with Gasteiger partial charge in [-0.1, -0.05) is 11.6 Å². The van der Waals surface area contributed by atoms with Gasteiger partial charge in [0.2, 0.25) is 5.91 Å². The molecule has 1 aromatic rings. The summed E-state index contributed by atoms with van der Waals surface area (Å²) in [7, 11) is -5.00. The Balaban J connectivity index is 2.55. The summed E-state index contributed by atoms with van der Waals surface area (Å²) in [5, 5.41) is 8.56. The van der Waals surface area contributed by atoms with E-state index >= 15 is 0 Å². The van der Waals surface area contributed by atoms with Crippen molar-refractivity contribution < 1.29 is 26.4 Å². The fourth-order valence-electron chi connectivity index (χ4n) is 2.01. The number of halogens is 3. The molecule has 1 saturated heterocycles. The number of hydrogen-bond acceptors (Lipinski definition) is 5. The van der Waals surface area contributed by atoms with Gasteiger partial charge in [0.05, 0.1) is 4.92 Å². The number of hydrogen-bond donors (Lipinski definition) is 0. The number of amides is 1. The van der Waals surface area contributed by atoms with Crippen molar-refractivity contribution in [3.8, 4) is 0 Å². The molecule has 0 saturated carbocycles. The number of rotatable bonds is 3. The van der Waals surface area contributed by atoms with E-state index in [0.717, 1.165) is 12.1 Å². The smallest absolute Gasteiger partial charge is 0.304 e. The first-order valence-electron chi connectivity index (χ1n) is 5.49. The molecule has 1 aliphatic heterocycles. The van der Waals surface area contributed by atoms with Gasteiger partial charge in [-0.2, -0.15) is 8.42 Å². The highest BCUT2D eigenvalue weighted by Gasteiger charge is 2.42. The normalized spacial score (nSPS) is 19.1. The number of benzene rings is 1. The maximum absolute atomic E-state index is 13.4. The highest BCUT2D eigenvalue weighted by Crippen LogP contribution is 2.40. The highest BCUT2D eigenvalue weighted by molar-refractivity contribution is 7.87. The second kappa shape index (κ2) is 5.19. The molecule has 1 aliphatic rings. The molecule has 1 amide bonds. The summed E-state index contributed by atoms with van der Waals surface area (Å²) in [5.74, 6) is -1.91. The molecule has 0 aromatic heterocycles. The molecular weight excluding hydrogens is 334 g/mol. The number of nitrogens with zero attached hydrogens (tertiary/aromatic N) is 2. The van der Waals surface area contributed by atoms with Crippen LogP contribution in [0.25, 0.3) is 0 Å². The molecule has 2 rings (SSSR count). The Kier molecular flexibility index (Phi) is 3.85. The van der Waals surface area contributed by atoms with Gasteiger partial charge in [0.15, 0.2) is 0 Å². The third-order valence-corrected chi connectivity index (χ3v) is 4.47. The lowest BCUT2D eigenvalue weighted by molar-refractivity contribution is -0.384. The molecule has 0 radical (unpaired) electrons. The lowest BCUT2D eigenvalue weighted by atomic mass is 10.2. The molecule has 1 aromatic carbocycles. The van der Waals surface area contributed by atoms with E-state index in [-0.39, 0.29) is 0 Å². The summed E-state index contributed by atoms with van der Waals surface area (Å²) >= 11 is 5.63. The van der Waals surface area contributed by atoms with E-state index in [9.17, 15) is 31.6 Å². The van der Waals surface area contributed by atoms with Gasteiger partial charge in [0.25, 0.3) is 5.69 Å².